The van der Waals surface area contributed by atoms with Crippen molar-refractivity contribution in [2.45, 2.75) is 115 Å². The Kier molecular flexibility index (Phi) is 15.7. The van der Waals surface area contributed by atoms with Crippen LogP contribution < -0.4 is 22.1 Å². The molecular formula is C36H60N6O7. The van der Waals surface area contributed by atoms with Crippen LogP contribution in [0.2, 0.25) is 0 Å². The summed E-state index contributed by atoms with van der Waals surface area (Å²) in [6, 6.07) is -2.56. The van der Waals surface area contributed by atoms with Crippen LogP contribution in [0.1, 0.15) is 73.1 Å². The number of carbonyl (C=O) groups is 5. The van der Waals surface area contributed by atoms with E-state index in [4.69, 9.17) is 20.9 Å². The van der Waals surface area contributed by atoms with Gasteiger partial charge in [-0.2, -0.15) is 0 Å². The number of ether oxygens (including phenoxy) is 2. The molecule has 6 N–H and O–H groups in total. The van der Waals surface area contributed by atoms with Crippen LogP contribution in [0.25, 0.3) is 0 Å². The van der Waals surface area contributed by atoms with Gasteiger partial charge >= 0.3 is 0 Å². The molecule has 13 nitrogen and oxygen atoms in total. The number of primary amides is 1. The number of rotatable bonds is 20. The molecule has 276 valence electrons. The molecule has 1 saturated carbocycles. The van der Waals surface area contributed by atoms with Crippen molar-refractivity contribution >= 4 is 29.5 Å². The molecule has 1 saturated heterocycles. The van der Waals surface area contributed by atoms with E-state index in [1.165, 1.54) is 14.2 Å². The summed E-state index contributed by atoms with van der Waals surface area (Å²) in [5, 5.41) is 5.57. The second-order valence-electron chi connectivity index (χ2n) is 14.3. The van der Waals surface area contributed by atoms with Crippen molar-refractivity contribution in [3.05, 3.63) is 37.0 Å². The fourth-order valence-electron chi connectivity index (χ4n) is 6.57. The van der Waals surface area contributed by atoms with Gasteiger partial charge in [-0.1, -0.05) is 52.2 Å². The number of methoxy groups -OCH3 is 2. The second-order valence-corrected chi connectivity index (χ2v) is 14.3. The van der Waals surface area contributed by atoms with Crippen LogP contribution in [0.4, 0.5) is 0 Å². The number of hydrogen-bond acceptors (Lipinski definition) is 8. The lowest BCUT2D eigenvalue weighted by Crippen LogP contribution is -2.60. The van der Waals surface area contributed by atoms with Gasteiger partial charge in [0.2, 0.25) is 29.5 Å². The van der Waals surface area contributed by atoms with E-state index in [-0.39, 0.29) is 36.5 Å². The Balaban J connectivity index is 2.23. The van der Waals surface area contributed by atoms with Crippen molar-refractivity contribution in [3.8, 4) is 0 Å². The zero-order valence-corrected chi connectivity index (χ0v) is 30.7. The van der Waals surface area contributed by atoms with Gasteiger partial charge in [-0.15, -0.1) is 0 Å². The van der Waals surface area contributed by atoms with Crippen LogP contribution in [0, 0.1) is 17.8 Å². The van der Waals surface area contributed by atoms with Gasteiger partial charge in [0.25, 0.3) is 0 Å². The first-order valence-corrected chi connectivity index (χ1v) is 17.2. The molecule has 2 aliphatic rings. The summed E-state index contributed by atoms with van der Waals surface area (Å²) in [6.45, 7) is 16.5. The van der Waals surface area contributed by atoms with E-state index in [0.717, 1.165) is 19.3 Å². The molecule has 0 aromatic carbocycles. The SMILES string of the molecule is C=CC=C(C=C)CC(NC(=O)C(C)C(OC)C1CCCN1C(=O)CC(OC)C(C1CC1)N(C)C(=O)C(NC(=O)C(C)(C)N)C(C)C)C(N)=O. The summed E-state index contributed by atoms with van der Waals surface area (Å²) in [4.78, 5) is 69.6. The molecule has 0 radical (unpaired) electrons. The first-order chi connectivity index (χ1) is 22.9. The quantitative estimate of drug-likeness (QED) is 0.140. The van der Waals surface area contributed by atoms with Crippen molar-refractivity contribution in [3.63, 3.8) is 0 Å². The Morgan fingerprint density at radius 3 is 2.12 bits per heavy atom. The summed E-state index contributed by atoms with van der Waals surface area (Å²) >= 11 is 0. The van der Waals surface area contributed by atoms with E-state index in [0.29, 0.717) is 18.5 Å². The predicted molar refractivity (Wildman–Crippen MR) is 189 cm³/mol. The lowest BCUT2D eigenvalue weighted by molar-refractivity contribution is -0.147. The number of nitrogens with one attached hydrogen (secondary N) is 2. The van der Waals surface area contributed by atoms with Crippen LogP contribution in [-0.4, -0.2) is 109 Å². The summed E-state index contributed by atoms with van der Waals surface area (Å²) in [5.74, 6) is -2.76. The zero-order valence-electron chi connectivity index (χ0n) is 30.7. The van der Waals surface area contributed by atoms with Crippen LogP contribution in [0.5, 0.6) is 0 Å². The number of likely N-dealkylation sites (N-methyl/N-ethyl adjacent to an activating group) is 1. The van der Waals surface area contributed by atoms with Crippen molar-refractivity contribution in [2.24, 2.45) is 29.2 Å². The van der Waals surface area contributed by atoms with E-state index >= 15 is 0 Å². The molecule has 7 unspecified atom stereocenters. The predicted octanol–water partition coefficient (Wildman–Crippen LogP) is 1.81. The Morgan fingerprint density at radius 2 is 1.65 bits per heavy atom. The molecule has 1 aliphatic carbocycles. The summed E-state index contributed by atoms with van der Waals surface area (Å²) in [5.41, 5.74) is 11.1. The second kappa shape index (κ2) is 18.4. The largest absolute Gasteiger partial charge is 0.379 e. The highest BCUT2D eigenvalue weighted by atomic mass is 16.5. The molecule has 49 heavy (non-hydrogen) atoms. The van der Waals surface area contributed by atoms with E-state index in [2.05, 4.69) is 23.8 Å². The maximum absolute atomic E-state index is 14.0. The molecule has 2 rings (SSSR count). The highest BCUT2D eigenvalue weighted by Crippen LogP contribution is 2.39. The third kappa shape index (κ3) is 11.2. The zero-order chi connectivity index (χ0) is 37.2. The average Bonchev–Trinajstić information content (AvgIpc) is 3.76. The van der Waals surface area contributed by atoms with Gasteiger partial charge in [0.1, 0.15) is 12.1 Å². The number of nitrogens with zero attached hydrogens (tertiary/aromatic N) is 2. The Labute approximate surface area is 292 Å². The number of allylic oxidation sites excluding steroid dienone is 3. The highest BCUT2D eigenvalue weighted by molar-refractivity contribution is 5.92. The number of carbonyl (C=O) groups excluding carboxylic acids is 5. The van der Waals surface area contributed by atoms with Gasteiger partial charge in [-0.05, 0) is 56.9 Å². The van der Waals surface area contributed by atoms with Gasteiger partial charge in [-0.25, -0.2) is 0 Å². The maximum Gasteiger partial charge on any atom is 0.245 e. The van der Waals surface area contributed by atoms with E-state index in [1.807, 2.05) is 13.8 Å². The fourth-order valence-corrected chi connectivity index (χ4v) is 6.57. The van der Waals surface area contributed by atoms with Crippen LogP contribution in [0.3, 0.4) is 0 Å². The topological polar surface area (TPSA) is 186 Å². The van der Waals surface area contributed by atoms with Gasteiger partial charge in [0.05, 0.1) is 42.2 Å². The number of amides is 5. The lowest BCUT2D eigenvalue weighted by Gasteiger charge is -2.39. The molecule has 0 aromatic heterocycles. The molecular weight excluding hydrogens is 628 g/mol. The molecule has 0 spiro atoms. The smallest absolute Gasteiger partial charge is 0.245 e. The first-order valence-electron chi connectivity index (χ1n) is 17.2. The minimum Gasteiger partial charge on any atom is -0.379 e. The van der Waals surface area contributed by atoms with E-state index in [1.54, 1.807) is 55.8 Å². The Hall–Kier alpha value is -3.55. The lowest BCUT2D eigenvalue weighted by atomic mass is 9.93. The minimum atomic E-state index is -1.16. The van der Waals surface area contributed by atoms with E-state index < -0.39 is 65.6 Å². The summed E-state index contributed by atoms with van der Waals surface area (Å²) < 4.78 is 11.8. The number of likely N-dealkylation sites (tertiary alicyclic amines) is 1. The number of nitrogens with two attached hydrogens (primary N) is 2. The summed E-state index contributed by atoms with van der Waals surface area (Å²) in [7, 11) is 4.73. The van der Waals surface area contributed by atoms with Gasteiger partial charge in [0, 0.05) is 34.2 Å². The van der Waals surface area contributed by atoms with Crippen molar-refractivity contribution in [1.82, 2.24) is 20.4 Å². The van der Waals surface area contributed by atoms with Crippen molar-refractivity contribution < 1.29 is 33.4 Å². The monoisotopic (exact) mass is 688 g/mol. The van der Waals surface area contributed by atoms with E-state index in [9.17, 15) is 24.0 Å². The molecule has 7 atom stereocenters. The normalized spacial score (nSPS) is 20.4. The third-order valence-corrected chi connectivity index (χ3v) is 9.64. The molecule has 2 fully saturated rings. The Morgan fingerprint density at radius 1 is 1.02 bits per heavy atom. The number of hydrogen-bond donors (Lipinski definition) is 4. The van der Waals surface area contributed by atoms with Gasteiger partial charge in [0.15, 0.2) is 0 Å². The van der Waals surface area contributed by atoms with Crippen LogP contribution >= 0.6 is 0 Å². The molecule has 1 heterocycles. The third-order valence-electron chi connectivity index (χ3n) is 9.64. The van der Waals surface area contributed by atoms with Gasteiger partial charge in [-0.3, -0.25) is 24.0 Å². The maximum atomic E-state index is 14.0. The van der Waals surface area contributed by atoms with Crippen molar-refractivity contribution in [1.29, 1.82) is 0 Å². The van der Waals surface area contributed by atoms with Crippen molar-refractivity contribution in [2.75, 3.05) is 27.8 Å². The summed E-state index contributed by atoms with van der Waals surface area (Å²) in [6.07, 6.45) is 6.86. The minimum absolute atomic E-state index is 0.0149. The Bertz CT molecular complexity index is 1240. The van der Waals surface area contributed by atoms with Crippen LogP contribution in [-0.2, 0) is 33.4 Å². The fraction of sp³-hybridized carbons (Fsp3) is 0.694. The molecule has 0 aromatic rings. The standard InChI is InChI=1S/C36H60N6O7/c1-11-14-23(12-2)19-25(32(37)44)39-33(45)22(5)31(49-10)26-15-13-18-42(26)28(43)20-27(48-9)30(24-16-17-24)41(8)34(46)29(21(3)4)40-35(47)36(6,7)38/h11-12,14,21-22,24-27,29-31H,1-2,13,15-20,38H2,3-10H3,(H2,37,44)(H,39,45)(H,40,47). The highest BCUT2D eigenvalue weighted by Gasteiger charge is 2.46. The first kappa shape index (κ1) is 41.6. The average molecular weight is 689 g/mol. The molecule has 5 amide bonds. The molecule has 13 heteroatoms. The molecule has 1 aliphatic heterocycles. The van der Waals surface area contributed by atoms with Crippen LogP contribution in [0.15, 0.2) is 37.0 Å². The molecule has 0 bridgehead atoms. The van der Waals surface area contributed by atoms with Gasteiger partial charge < -0.3 is 41.4 Å².